The minimum absolute atomic E-state index is 0.127. The lowest BCUT2D eigenvalue weighted by Crippen LogP contribution is -2.24. The predicted octanol–water partition coefficient (Wildman–Crippen LogP) is 1.92. The van der Waals surface area contributed by atoms with E-state index in [1.165, 1.54) is 6.20 Å². The Bertz CT molecular complexity index is 1320. The van der Waals surface area contributed by atoms with Gasteiger partial charge in [-0.05, 0) is 26.8 Å². The van der Waals surface area contributed by atoms with Crippen molar-refractivity contribution >= 4 is 11.6 Å². The molecular formula is C20H21N7O3. The van der Waals surface area contributed by atoms with E-state index < -0.39 is 5.91 Å². The van der Waals surface area contributed by atoms with Crippen LogP contribution in [0.1, 0.15) is 33.7 Å². The van der Waals surface area contributed by atoms with Crippen LogP contribution in [0.5, 0.6) is 0 Å². The summed E-state index contributed by atoms with van der Waals surface area (Å²) < 4.78 is 8.75. The van der Waals surface area contributed by atoms with Crippen molar-refractivity contribution < 1.29 is 9.21 Å². The minimum Gasteiger partial charge on any atom is -0.466 e. The number of nitrogens with zero attached hydrogens (tertiary/aromatic N) is 5. The molecule has 4 aromatic heterocycles. The molecule has 4 heterocycles. The lowest BCUT2D eigenvalue weighted by molar-refractivity contribution is 0.0945. The van der Waals surface area contributed by atoms with Crippen LogP contribution in [0.4, 0.5) is 0 Å². The summed E-state index contributed by atoms with van der Waals surface area (Å²) in [6.07, 6.45) is 4.93. The van der Waals surface area contributed by atoms with Gasteiger partial charge in [0, 0.05) is 24.5 Å². The number of hydrogen-bond acceptors (Lipinski definition) is 6. The van der Waals surface area contributed by atoms with Crippen molar-refractivity contribution in [1.29, 1.82) is 0 Å². The van der Waals surface area contributed by atoms with Crippen molar-refractivity contribution in [2.24, 2.45) is 0 Å². The Labute approximate surface area is 171 Å². The van der Waals surface area contributed by atoms with Gasteiger partial charge in [0.15, 0.2) is 5.82 Å². The SMILES string of the molecule is C=CCn1c(-c2cc(C)oc2C)cn2cc(C(=O)NCc3n[nH]c(C)n3)nc2c1=O. The zero-order valence-corrected chi connectivity index (χ0v) is 16.9. The molecule has 0 unspecified atom stereocenters. The maximum Gasteiger partial charge on any atom is 0.295 e. The highest BCUT2D eigenvalue weighted by Gasteiger charge is 2.19. The third-order valence-corrected chi connectivity index (χ3v) is 4.63. The number of furan rings is 1. The predicted molar refractivity (Wildman–Crippen MR) is 109 cm³/mol. The molecule has 0 aliphatic heterocycles. The number of nitrogens with one attached hydrogen (secondary N) is 2. The molecule has 0 radical (unpaired) electrons. The van der Waals surface area contributed by atoms with Crippen LogP contribution >= 0.6 is 0 Å². The Balaban J connectivity index is 1.74. The zero-order chi connectivity index (χ0) is 21.4. The standard InChI is InChI=1S/C20H21N7O3/c1-5-6-27-16(14-7-11(2)30-12(14)3)10-26-9-15(23-18(26)20(27)29)19(28)21-8-17-22-13(4)24-25-17/h5,7,9-10H,1,6,8H2,2-4H3,(H,21,28)(H,22,24,25). The van der Waals surface area contributed by atoms with Gasteiger partial charge in [0.2, 0.25) is 5.65 Å². The lowest BCUT2D eigenvalue weighted by Gasteiger charge is -2.11. The van der Waals surface area contributed by atoms with Crippen molar-refractivity contribution in [2.75, 3.05) is 0 Å². The van der Waals surface area contributed by atoms with Crippen LogP contribution in [-0.2, 0) is 13.1 Å². The summed E-state index contributed by atoms with van der Waals surface area (Å²) in [6, 6.07) is 1.87. The number of fused-ring (bicyclic) bond motifs is 1. The molecule has 154 valence electrons. The van der Waals surface area contributed by atoms with Crippen LogP contribution in [-0.4, -0.2) is 35.0 Å². The molecule has 30 heavy (non-hydrogen) atoms. The molecule has 10 nitrogen and oxygen atoms in total. The van der Waals surface area contributed by atoms with Gasteiger partial charge in [0.05, 0.1) is 12.2 Å². The van der Waals surface area contributed by atoms with E-state index in [-0.39, 0.29) is 23.4 Å². The number of carbonyl (C=O) groups is 1. The number of H-pyrrole nitrogens is 1. The molecule has 0 aromatic carbocycles. The van der Waals surface area contributed by atoms with E-state index in [4.69, 9.17) is 4.42 Å². The smallest absolute Gasteiger partial charge is 0.295 e. The Morgan fingerprint density at radius 3 is 2.73 bits per heavy atom. The van der Waals surface area contributed by atoms with Gasteiger partial charge < -0.3 is 9.73 Å². The first-order valence-corrected chi connectivity index (χ1v) is 9.34. The number of carbonyl (C=O) groups excluding carboxylic acids is 1. The largest absolute Gasteiger partial charge is 0.466 e. The van der Waals surface area contributed by atoms with Crippen molar-refractivity contribution in [2.45, 2.75) is 33.9 Å². The third-order valence-electron chi connectivity index (χ3n) is 4.63. The highest BCUT2D eigenvalue weighted by molar-refractivity contribution is 5.92. The van der Waals surface area contributed by atoms with Crippen LogP contribution in [0, 0.1) is 20.8 Å². The molecule has 0 saturated heterocycles. The summed E-state index contributed by atoms with van der Waals surface area (Å²) in [5, 5.41) is 9.40. The first-order valence-electron chi connectivity index (χ1n) is 9.34. The average Bonchev–Trinajstić information content (AvgIpc) is 3.40. The molecule has 0 spiro atoms. The Kier molecular flexibility index (Phi) is 4.82. The summed E-state index contributed by atoms with van der Waals surface area (Å²) in [5.74, 6) is 2.14. The summed E-state index contributed by atoms with van der Waals surface area (Å²) >= 11 is 0. The molecule has 4 rings (SSSR count). The fourth-order valence-corrected chi connectivity index (χ4v) is 3.32. The number of hydrogen-bond donors (Lipinski definition) is 2. The van der Waals surface area contributed by atoms with Crippen molar-refractivity contribution in [3.8, 4) is 11.3 Å². The molecule has 0 aliphatic carbocycles. The molecule has 2 N–H and O–H groups in total. The van der Waals surface area contributed by atoms with Crippen molar-refractivity contribution in [1.82, 2.24) is 34.4 Å². The first kappa shape index (κ1) is 19.4. The van der Waals surface area contributed by atoms with Crippen LogP contribution in [0.15, 0.2) is 40.3 Å². The summed E-state index contributed by atoms with van der Waals surface area (Å²) in [5.41, 5.74) is 1.41. The molecule has 4 aromatic rings. The molecule has 10 heteroatoms. The van der Waals surface area contributed by atoms with Crippen LogP contribution in [0.25, 0.3) is 16.9 Å². The van der Waals surface area contributed by atoms with E-state index in [0.29, 0.717) is 29.6 Å². The van der Waals surface area contributed by atoms with Gasteiger partial charge in [-0.2, -0.15) is 5.10 Å². The Morgan fingerprint density at radius 2 is 2.10 bits per heavy atom. The maximum atomic E-state index is 13.1. The first-order chi connectivity index (χ1) is 14.4. The molecule has 0 atom stereocenters. The van der Waals surface area contributed by atoms with Gasteiger partial charge in [-0.15, -0.1) is 6.58 Å². The van der Waals surface area contributed by atoms with E-state index in [1.54, 1.807) is 28.2 Å². The average molecular weight is 407 g/mol. The van der Waals surface area contributed by atoms with Gasteiger partial charge in [-0.25, -0.2) is 9.97 Å². The van der Waals surface area contributed by atoms with Crippen LogP contribution in [0.3, 0.4) is 0 Å². The van der Waals surface area contributed by atoms with Gasteiger partial charge in [-0.1, -0.05) is 6.08 Å². The highest BCUT2D eigenvalue weighted by Crippen LogP contribution is 2.26. The van der Waals surface area contributed by atoms with E-state index in [9.17, 15) is 9.59 Å². The second kappa shape index (κ2) is 7.47. The number of aromatic nitrogens is 6. The van der Waals surface area contributed by atoms with Crippen molar-refractivity contribution in [3.63, 3.8) is 0 Å². The van der Waals surface area contributed by atoms with Crippen LogP contribution < -0.4 is 10.9 Å². The lowest BCUT2D eigenvalue weighted by atomic mass is 10.2. The van der Waals surface area contributed by atoms with E-state index in [0.717, 1.165) is 11.3 Å². The second-order valence-electron chi connectivity index (χ2n) is 6.92. The van der Waals surface area contributed by atoms with E-state index >= 15 is 0 Å². The fraction of sp³-hybridized carbons (Fsp3) is 0.250. The topological polar surface area (TPSA) is 123 Å². The summed E-state index contributed by atoms with van der Waals surface area (Å²) in [4.78, 5) is 34.0. The Hall–Kier alpha value is -3.95. The summed E-state index contributed by atoms with van der Waals surface area (Å²) in [6.45, 7) is 9.65. The molecule has 0 fully saturated rings. The van der Waals surface area contributed by atoms with E-state index in [2.05, 4.69) is 32.1 Å². The molecule has 0 saturated carbocycles. The fourth-order valence-electron chi connectivity index (χ4n) is 3.32. The van der Waals surface area contributed by atoms with Gasteiger partial charge in [0.25, 0.3) is 11.5 Å². The molecule has 0 aliphatic rings. The van der Waals surface area contributed by atoms with Gasteiger partial charge in [0.1, 0.15) is 23.0 Å². The number of aryl methyl sites for hydroxylation is 3. The number of imidazole rings is 1. The quantitative estimate of drug-likeness (QED) is 0.471. The van der Waals surface area contributed by atoms with Crippen molar-refractivity contribution in [3.05, 3.63) is 70.3 Å². The normalized spacial score (nSPS) is 11.2. The number of amides is 1. The highest BCUT2D eigenvalue weighted by atomic mass is 16.3. The van der Waals surface area contributed by atoms with Crippen LogP contribution in [0.2, 0.25) is 0 Å². The number of allylic oxidation sites excluding steroid dienone is 1. The van der Waals surface area contributed by atoms with Gasteiger partial charge in [-0.3, -0.25) is 23.7 Å². The summed E-state index contributed by atoms with van der Waals surface area (Å²) in [7, 11) is 0. The molecule has 1 amide bonds. The van der Waals surface area contributed by atoms with Gasteiger partial charge >= 0.3 is 0 Å². The monoisotopic (exact) mass is 407 g/mol. The second-order valence-corrected chi connectivity index (χ2v) is 6.92. The maximum absolute atomic E-state index is 13.1. The Morgan fingerprint density at radius 1 is 1.30 bits per heavy atom. The van der Waals surface area contributed by atoms with E-state index in [1.807, 2.05) is 19.9 Å². The molecular weight excluding hydrogens is 386 g/mol. The number of rotatable bonds is 6. The molecule has 0 bridgehead atoms. The third kappa shape index (κ3) is 3.43. The minimum atomic E-state index is -0.423. The zero-order valence-electron chi connectivity index (χ0n) is 16.9. The number of aromatic amines is 1.